The van der Waals surface area contributed by atoms with Crippen molar-refractivity contribution in [3.05, 3.63) is 35.6 Å². The first-order chi connectivity index (χ1) is 11.3. The molecule has 0 spiro atoms. The molecule has 0 aromatic carbocycles. The summed E-state index contributed by atoms with van der Waals surface area (Å²) in [6, 6.07) is 0. The van der Waals surface area contributed by atoms with Crippen LogP contribution in [-0.4, -0.2) is 19.3 Å². The van der Waals surface area contributed by atoms with Crippen LogP contribution in [-0.2, 0) is 9.47 Å². The van der Waals surface area contributed by atoms with Crippen LogP contribution in [0.1, 0.15) is 71.6 Å². The average Bonchev–Trinajstić information content (AvgIpc) is 3.38. The largest absolute Gasteiger partial charge is 0.494 e. The molecule has 2 heteroatoms. The molecule has 1 fully saturated rings. The predicted molar refractivity (Wildman–Crippen MR) is 97.4 cm³/mol. The minimum absolute atomic E-state index is 0.333. The maximum absolute atomic E-state index is 6.05. The Kier molecular flexibility index (Phi) is 8.52. The first-order valence-electron chi connectivity index (χ1n) is 9.67. The van der Waals surface area contributed by atoms with Gasteiger partial charge in [0, 0.05) is 5.92 Å². The van der Waals surface area contributed by atoms with Crippen LogP contribution >= 0.6 is 0 Å². The SMILES string of the molecule is CCC=C1C=CC=C(OCC2CO2)C1CCCCCCCCC. The molecule has 0 N–H and O–H groups in total. The zero-order valence-corrected chi connectivity index (χ0v) is 15.1. The number of epoxide rings is 1. The highest BCUT2D eigenvalue weighted by Crippen LogP contribution is 2.32. The van der Waals surface area contributed by atoms with Gasteiger partial charge in [0.2, 0.25) is 0 Å². The lowest BCUT2D eigenvalue weighted by Gasteiger charge is -2.24. The Hall–Kier alpha value is -1.02. The number of hydrogen-bond acceptors (Lipinski definition) is 2. The zero-order valence-electron chi connectivity index (χ0n) is 15.1. The maximum atomic E-state index is 6.05. The summed E-state index contributed by atoms with van der Waals surface area (Å²) in [6.07, 6.45) is 21.1. The number of unbranched alkanes of at least 4 members (excludes halogenated alkanes) is 6. The van der Waals surface area contributed by atoms with Gasteiger partial charge in [-0.15, -0.1) is 0 Å². The highest BCUT2D eigenvalue weighted by Gasteiger charge is 2.26. The first-order valence-corrected chi connectivity index (χ1v) is 9.67. The number of allylic oxidation sites excluding steroid dienone is 5. The topological polar surface area (TPSA) is 21.8 Å². The summed E-state index contributed by atoms with van der Waals surface area (Å²) < 4.78 is 11.3. The van der Waals surface area contributed by atoms with Gasteiger partial charge in [0.1, 0.15) is 18.5 Å². The quantitative estimate of drug-likeness (QED) is 0.327. The Labute approximate surface area is 142 Å². The van der Waals surface area contributed by atoms with E-state index in [1.807, 2.05) is 0 Å². The lowest BCUT2D eigenvalue weighted by atomic mass is 9.87. The second kappa shape index (κ2) is 10.7. The van der Waals surface area contributed by atoms with Crippen molar-refractivity contribution in [1.82, 2.24) is 0 Å². The van der Waals surface area contributed by atoms with Crippen LogP contribution in [0.15, 0.2) is 35.6 Å². The molecule has 23 heavy (non-hydrogen) atoms. The van der Waals surface area contributed by atoms with E-state index in [2.05, 4.69) is 38.2 Å². The average molecular weight is 319 g/mol. The van der Waals surface area contributed by atoms with Crippen LogP contribution in [0, 0.1) is 5.92 Å². The van der Waals surface area contributed by atoms with E-state index in [1.54, 1.807) is 0 Å². The summed E-state index contributed by atoms with van der Waals surface area (Å²) in [5.74, 6) is 1.60. The van der Waals surface area contributed by atoms with Gasteiger partial charge in [0.15, 0.2) is 0 Å². The van der Waals surface area contributed by atoms with Crippen molar-refractivity contribution in [2.75, 3.05) is 13.2 Å². The fourth-order valence-corrected chi connectivity index (χ4v) is 3.21. The van der Waals surface area contributed by atoms with Gasteiger partial charge in [-0.3, -0.25) is 0 Å². The lowest BCUT2D eigenvalue weighted by Crippen LogP contribution is -2.14. The van der Waals surface area contributed by atoms with Gasteiger partial charge in [-0.25, -0.2) is 0 Å². The maximum Gasteiger partial charge on any atom is 0.116 e. The number of hydrogen-bond donors (Lipinski definition) is 0. The van der Waals surface area contributed by atoms with Crippen molar-refractivity contribution in [2.45, 2.75) is 77.7 Å². The third kappa shape index (κ3) is 6.95. The summed E-state index contributed by atoms with van der Waals surface area (Å²) in [5.41, 5.74) is 1.44. The number of ether oxygens (including phenoxy) is 2. The summed E-state index contributed by atoms with van der Waals surface area (Å²) >= 11 is 0. The Morgan fingerprint density at radius 1 is 1.13 bits per heavy atom. The second-order valence-corrected chi connectivity index (χ2v) is 6.77. The molecule has 2 unspecified atom stereocenters. The van der Waals surface area contributed by atoms with Gasteiger partial charge in [0.05, 0.1) is 6.61 Å². The van der Waals surface area contributed by atoms with E-state index in [4.69, 9.17) is 9.47 Å². The third-order valence-corrected chi connectivity index (χ3v) is 4.67. The molecule has 1 saturated heterocycles. The van der Waals surface area contributed by atoms with Crippen molar-refractivity contribution in [2.24, 2.45) is 5.92 Å². The second-order valence-electron chi connectivity index (χ2n) is 6.77. The Bertz CT molecular complexity index is 416. The van der Waals surface area contributed by atoms with Gasteiger partial charge in [-0.05, 0) is 24.5 Å². The van der Waals surface area contributed by atoms with E-state index in [-0.39, 0.29) is 0 Å². The van der Waals surface area contributed by atoms with Crippen molar-refractivity contribution < 1.29 is 9.47 Å². The molecular weight excluding hydrogens is 284 g/mol. The molecule has 2 aliphatic rings. The van der Waals surface area contributed by atoms with Gasteiger partial charge in [-0.2, -0.15) is 0 Å². The van der Waals surface area contributed by atoms with Crippen LogP contribution in [0.4, 0.5) is 0 Å². The van der Waals surface area contributed by atoms with Crippen LogP contribution in [0.25, 0.3) is 0 Å². The molecule has 0 radical (unpaired) electrons. The minimum Gasteiger partial charge on any atom is -0.494 e. The van der Waals surface area contributed by atoms with Crippen molar-refractivity contribution in [3.8, 4) is 0 Å². The molecule has 0 saturated carbocycles. The van der Waals surface area contributed by atoms with Crippen molar-refractivity contribution >= 4 is 0 Å². The molecule has 1 aliphatic carbocycles. The van der Waals surface area contributed by atoms with E-state index >= 15 is 0 Å². The Morgan fingerprint density at radius 3 is 2.57 bits per heavy atom. The molecule has 0 aromatic heterocycles. The van der Waals surface area contributed by atoms with Crippen molar-refractivity contribution in [1.29, 1.82) is 0 Å². The van der Waals surface area contributed by atoms with Crippen LogP contribution < -0.4 is 0 Å². The first kappa shape index (κ1) is 18.3. The van der Waals surface area contributed by atoms with Crippen molar-refractivity contribution in [3.63, 3.8) is 0 Å². The molecule has 1 aliphatic heterocycles. The highest BCUT2D eigenvalue weighted by molar-refractivity contribution is 5.35. The standard InChI is InChI=1S/C21H34O2/c1-3-5-6-7-8-9-10-14-20-18(12-4-2)13-11-15-21(20)23-17-19-16-22-19/h11-13,15,19-20H,3-10,14,16-17H2,1-2H3. The fraction of sp³-hybridized carbons (Fsp3) is 0.714. The molecule has 0 bridgehead atoms. The van der Waals surface area contributed by atoms with E-state index in [0.29, 0.717) is 18.6 Å². The molecule has 2 nitrogen and oxygen atoms in total. The summed E-state index contributed by atoms with van der Waals surface area (Å²) in [5, 5.41) is 0. The van der Waals surface area contributed by atoms with Crippen LogP contribution in [0.3, 0.4) is 0 Å². The predicted octanol–water partition coefficient (Wildman–Crippen LogP) is 5.95. The highest BCUT2D eigenvalue weighted by atomic mass is 16.6. The van der Waals surface area contributed by atoms with Crippen LogP contribution in [0.5, 0.6) is 0 Å². The zero-order chi connectivity index (χ0) is 16.3. The molecule has 0 aromatic rings. The van der Waals surface area contributed by atoms with Gasteiger partial charge in [-0.1, -0.05) is 77.0 Å². The molecule has 0 amide bonds. The molecular formula is C21H34O2. The minimum atomic E-state index is 0.333. The van der Waals surface area contributed by atoms with Crippen LogP contribution in [0.2, 0.25) is 0 Å². The molecule has 1 heterocycles. The lowest BCUT2D eigenvalue weighted by molar-refractivity contribution is 0.158. The molecule has 130 valence electrons. The fourth-order valence-electron chi connectivity index (χ4n) is 3.21. The molecule has 2 atom stereocenters. The summed E-state index contributed by atoms with van der Waals surface area (Å²) in [7, 11) is 0. The van der Waals surface area contributed by atoms with E-state index in [0.717, 1.165) is 18.8 Å². The summed E-state index contributed by atoms with van der Waals surface area (Å²) in [6.45, 7) is 6.07. The monoisotopic (exact) mass is 318 g/mol. The van der Waals surface area contributed by atoms with Gasteiger partial charge >= 0.3 is 0 Å². The van der Waals surface area contributed by atoms with Gasteiger partial charge in [0.25, 0.3) is 0 Å². The third-order valence-electron chi connectivity index (χ3n) is 4.67. The smallest absolute Gasteiger partial charge is 0.116 e. The Morgan fingerprint density at radius 2 is 1.87 bits per heavy atom. The van der Waals surface area contributed by atoms with E-state index in [1.165, 1.54) is 56.9 Å². The normalized spacial score (nSPS) is 24.8. The summed E-state index contributed by atoms with van der Waals surface area (Å²) in [4.78, 5) is 0. The Balaban J connectivity index is 1.76. The van der Waals surface area contributed by atoms with E-state index < -0.39 is 0 Å². The van der Waals surface area contributed by atoms with E-state index in [9.17, 15) is 0 Å². The molecule has 2 rings (SSSR count). The number of rotatable bonds is 12. The van der Waals surface area contributed by atoms with Gasteiger partial charge < -0.3 is 9.47 Å².